The van der Waals surface area contributed by atoms with Crippen molar-refractivity contribution in [2.75, 3.05) is 39.3 Å². The van der Waals surface area contributed by atoms with Crippen LogP contribution in [0.5, 0.6) is 0 Å². The Bertz CT molecular complexity index is 3080. The number of fused-ring (bicyclic) bond motifs is 2. The van der Waals surface area contributed by atoms with Crippen molar-refractivity contribution in [1.82, 2.24) is 64.9 Å². The van der Waals surface area contributed by atoms with E-state index < -0.39 is 5.97 Å². The fourth-order valence-corrected chi connectivity index (χ4v) is 8.42. The summed E-state index contributed by atoms with van der Waals surface area (Å²) in [5.41, 5.74) is 11.6. The minimum absolute atomic E-state index is 0.00515. The minimum atomic E-state index is -0.990. The number of pyridine rings is 2. The zero-order chi connectivity index (χ0) is 48.6. The second-order valence-corrected chi connectivity index (χ2v) is 16.7. The van der Waals surface area contributed by atoms with Gasteiger partial charge in [0.1, 0.15) is 11.4 Å². The number of likely N-dealkylation sites (tertiary alicyclic amines) is 2. The van der Waals surface area contributed by atoms with Crippen molar-refractivity contribution >= 4 is 45.5 Å². The average Bonchev–Trinajstić information content (AvgIpc) is 4.20. The van der Waals surface area contributed by atoms with E-state index in [0.29, 0.717) is 55.3 Å². The number of aryl methyl sites for hydroxylation is 4. The Morgan fingerprint density at radius 3 is 1.55 bits per heavy atom. The van der Waals surface area contributed by atoms with Crippen molar-refractivity contribution in [3.05, 3.63) is 120 Å². The van der Waals surface area contributed by atoms with Crippen molar-refractivity contribution in [1.29, 1.82) is 0 Å². The summed E-state index contributed by atoms with van der Waals surface area (Å²) in [6.07, 6.45) is 6.07. The predicted octanol–water partition coefficient (Wildman–Crippen LogP) is 4.84. The van der Waals surface area contributed by atoms with Gasteiger partial charge < -0.3 is 35.0 Å². The van der Waals surface area contributed by atoms with E-state index in [1.165, 1.54) is 12.3 Å². The van der Waals surface area contributed by atoms with E-state index in [1.54, 1.807) is 46.3 Å². The first kappa shape index (κ1) is 47.3. The lowest BCUT2D eigenvalue weighted by Crippen LogP contribution is -2.43. The molecule has 2 fully saturated rings. The van der Waals surface area contributed by atoms with Crippen LogP contribution in [-0.4, -0.2) is 128 Å². The Hall–Kier alpha value is -8.20. The summed E-state index contributed by atoms with van der Waals surface area (Å²) >= 11 is 0. The van der Waals surface area contributed by atoms with Gasteiger partial charge in [-0.05, 0) is 75.9 Å². The Morgan fingerprint density at radius 2 is 1.13 bits per heavy atom. The number of hydrogen-bond donors (Lipinski definition) is 3. The molecule has 2 saturated heterocycles. The summed E-state index contributed by atoms with van der Waals surface area (Å²) in [7, 11) is 3.84. The van der Waals surface area contributed by atoms with E-state index >= 15 is 0 Å². The maximum atomic E-state index is 12.5. The molecular weight excluding hydrogens is 885 g/mol. The van der Waals surface area contributed by atoms with Crippen LogP contribution < -0.4 is 11.1 Å². The van der Waals surface area contributed by atoms with Gasteiger partial charge in [0, 0.05) is 86.4 Å². The molecule has 0 radical (unpaired) electrons. The van der Waals surface area contributed by atoms with Gasteiger partial charge in [0.05, 0.1) is 35.5 Å². The number of hydrogen-bond acceptors (Lipinski definition) is 15. The summed E-state index contributed by atoms with van der Waals surface area (Å²) in [6, 6.07) is 21.9. The van der Waals surface area contributed by atoms with E-state index in [-0.39, 0.29) is 48.3 Å². The summed E-state index contributed by atoms with van der Waals surface area (Å²) in [4.78, 5) is 66.8. The zero-order valence-corrected chi connectivity index (χ0v) is 38.6. The van der Waals surface area contributed by atoms with Crippen molar-refractivity contribution in [2.24, 2.45) is 19.8 Å². The molecule has 356 valence electrons. The molecule has 0 unspecified atom stereocenters. The number of carboxylic acid groups (broad SMARTS) is 1. The molecule has 0 aliphatic carbocycles. The van der Waals surface area contributed by atoms with Crippen molar-refractivity contribution in [3.8, 4) is 22.8 Å². The number of piperidine rings is 2. The van der Waals surface area contributed by atoms with Crippen LogP contribution in [0, 0.1) is 13.8 Å². The molecule has 21 nitrogen and oxygen atoms in total. The molecule has 0 spiro atoms. The SMILES string of the molecule is Cc1nn(C)c2cc(-c3noc(C4CCN(C(=O)CN)CC4)n3)ccc12.Cc1nn(C)c2cc(-c3noc(C4CCN(C(=O)CNC(=O)c5ccccn5)CC4)n3)ccc12.O=C(O)c1ccccn1. The van der Waals surface area contributed by atoms with Crippen molar-refractivity contribution in [3.63, 3.8) is 0 Å². The number of amides is 3. The highest BCUT2D eigenvalue weighted by Gasteiger charge is 2.29. The highest BCUT2D eigenvalue weighted by Crippen LogP contribution is 2.32. The maximum absolute atomic E-state index is 12.5. The molecule has 3 amide bonds. The van der Waals surface area contributed by atoms with E-state index in [4.69, 9.17) is 19.9 Å². The van der Waals surface area contributed by atoms with E-state index in [0.717, 1.165) is 70.0 Å². The largest absolute Gasteiger partial charge is 0.477 e. The fraction of sp³-hybridized carbons (Fsp3) is 0.333. The predicted molar refractivity (Wildman–Crippen MR) is 251 cm³/mol. The first-order valence-electron chi connectivity index (χ1n) is 22.5. The number of carbonyl (C=O) groups excluding carboxylic acids is 3. The van der Waals surface area contributed by atoms with Crippen LogP contribution >= 0.6 is 0 Å². The normalized spacial score (nSPS) is 14.2. The number of aromatic nitrogens is 10. The highest BCUT2D eigenvalue weighted by molar-refractivity contribution is 5.95. The molecule has 4 N–H and O–H groups in total. The van der Waals surface area contributed by atoms with Gasteiger partial charge >= 0.3 is 5.97 Å². The molecule has 2 aliphatic rings. The Morgan fingerprint density at radius 1 is 0.667 bits per heavy atom. The van der Waals surface area contributed by atoms with Crippen LogP contribution in [0.25, 0.3) is 44.6 Å². The first-order valence-corrected chi connectivity index (χ1v) is 22.5. The van der Waals surface area contributed by atoms with Crippen molar-refractivity contribution in [2.45, 2.75) is 51.4 Å². The van der Waals surface area contributed by atoms with Gasteiger partial charge in [-0.1, -0.05) is 46.7 Å². The summed E-state index contributed by atoms with van der Waals surface area (Å²) in [6.45, 7) is 6.49. The topological polar surface area (TPSA) is 272 Å². The number of aromatic carboxylic acids is 1. The summed E-state index contributed by atoms with van der Waals surface area (Å²) < 4.78 is 14.8. The molecule has 2 aliphatic heterocycles. The van der Waals surface area contributed by atoms with Crippen LogP contribution in [0.15, 0.2) is 94.2 Å². The minimum Gasteiger partial charge on any atom is -0.477 e. The third-order valence-electron chi connectivity index (χ3n) is 12.2. The molecule has 10 rings (SSSR count). The quantitative estimate of drug-likeness (QED) is 0.175. The molecule has 0 bridgehead atoms. The smallest absolute Gasteiger partial charge is 0.354 e. The Kier molecular flexibility index (Phi) is 14.5. The van der Waals surface area contributed by atoms with Gasteiger partial charge in [-0.3, -0.25) is 28.7 Å². The van der Waals surface area contributed by atoms with E-state index in [2.05, 4.69) is 45.8 Å². The number of nitrogens with one attached hydrogen (secondary N) is 1. The molecule has 8 aromatic rings. The lowest BCUT2D eigenvalue weighted by molar-refractivity contribution is -0.131. The molecule has 8 heterocycles. The number of nitrogens with zero attached hydrogens (tertiary/aromatic N) is 12. The standard InChI is InChI=1S/C24H25N7O3.C18H22N6O2.C6H5NO2/c1-15-18-7-6-17(13-20(18)30(2)28-15)22-27-24(34-29-22)16-8-11-31(12-9-16)21(32)14-26-23(33)19-5-3-4-10-25-19;1-11-14-4-3-13(9-15(14)23(2)21-11)17-20-18(26-22-17)12-5-7-24(8-6-12)16(25)10-19;8-6(9)5-3-1-2-4-7-5/h3-7,10,13,16H,8-9,11-12,14H2,1-2H3,(H,26,33);3-4,9,12H,5-8,10,19H2,1-2H3;1-4H,(H,8,9). The fourth-order valence-electron chi connectivity index (χ4n) is 8.42. The molecule has 0 atom stereocenters. The van der Waals surface area contributed by atoms with Crippen LogP contribution in [-0.2, 0) is 23.7 Å². The van der Waals surface area contributed by atoms with Gasteiger partial charge in [0.15, 0.2) is 0 Å². The van der Waals surface area contributed by atoms with Gasteiger partial charge in [0.2, 0.25) is 35.2 Å². The number of benzene rings is 2. The first-order chi connectivity index (χ1) is 33.4. The van der Waals surface area contributed by atoms with Crippen LogP contribution in [0.4, 0.5) is 0 Å². The molecule has 69 heavy (non-hydrogen) atoms. The van der Waals surface area contributed by atoms with E-state index in [9.17, 15) is 19.2 Å². The van der Waals surface area contributed by atoms with Gasteiger partial charge in [-0.2, -0.15) is 20.2 Å². The average molecular weight is 937 g/mol. The van der Waals surface area contributed by atoms with E-state index in [1.807, 2.05) is 73.7 Å². The van der Waals surface area contributed by atoms with Gasteiger partial charge in [0.25, 0.3) is 5.91 Å². The maximum Gasteiger partial charge on any atom is 0.354 e. The molecule has 6 aromatic heterocycles. The summed E-state index contributed by atoms with van der Waals surface area (Å²) in [5, 5.41) is 30.4. The Labute approximate surface area is 395 Å². The van der Waals surface area contributed by atoms with Crippen LogP contribution in [0.1, 0.15) is 81.7 Å². The second-order valence-electron chi connectivity index (χ2n) is 16.7. The molecule has 2 aromatic carbocycles. The van der Waals surface area contributed by atoms with Gasteiger partial charge in [-0.25, -0.2) is 9.78 Å². The number of carbonyl (C=O) groups is 4. The van der Waals surface area contributed by atoms with Gasteiger partial charge in [-0.15, -0.1) is 0 Å². The molecule has 21 heteroatoms. The lowest BCUT2D eigenvalue weighted by Gasteiger charge is -2.30. The second kappa shape index (κ2) is 21.2. The third kappa shape index (κ3) is 11.0. The number of nitrogens with two attached hydrogens (primary N) is 1. The highest BCUT2D eigenvalue weighted by atomic mass is 16.5. The molecular formula is C48H52N14O7. The zero-order valence-electron chi connectivity index (χ0n) is 38.6. The third-order valence-corrected chi connectivity index (χ3v) is 12.2. The number of carboxylic acids is 1. The monoisotopic (exact) mass is 936 g/mol. The Balaban J connectivity index is 0.000000161. The summed E-state index contributed by atoms with van der Waals surface area (Å²) in [5.74, 6) is 1.16. The van der Waals surface area contributed by atoms with Crippen molar-refractivity contribution < 1.29 is 33.3 Å². The molecule has 0 saturated carbocycles. The number of rotatable bonds is 9. The van der Waals surface area contributed by atoms with Crippen LogP contribution in [0.3, 0.4) is 0 Å². The lowest BCUT2D eigenvalue weighted by atomic mass is 9.96. The van der Waals surface area contributed by atoms with Crippen LogP contribution in [0.2, 0.25) is 0 Å².